The van der Waals surface area contributed by atoms with E-state index in [4.69, 9.17) is 5.73 Å². The third-order valence-corrected chi connectivity index (χ3v) is 5.38. The molecule has 1 aromatic carbocycles. The monoisotopic (exact) mass is 332 g/mol. The molecule has 112 valence electrons. The van der Waals surface area contributed by atoms with Gasteiger partial charge >= 0.3 is 0 Å². The lowest BCUT2D eigenvalue weighted by molar-refractivity contribution is -0.385. The minimum absolute atomic E-state index is 0.0667. The number of nitrogen functional groups attached to an aromatic ring is 1. The van der Waals surface area contributed by atoms with Gasteiger partial charge in [0.2, 0.25) is 0 Å². The molecule has 0 atom stereocenters. The van der Waals surface area contributed by atoms with Gasteiger partial charge in [-0.1, -0.05) is 11.3 Å². The van der Waals surface area contributed by atoms with Crippen LogP contribution >= 0.6 is 11.3 Å². The summed E-state index contributed by atoms with van der Waals surface area (Å²) in [5.74, 6) is -1.05. The van der Waals surface area contributed by atoms with Crippen molar-refractivity contribution in [3.8, 4) is 0 Å². The number of nitro groups is 1. The molecule has 0 aliphatic heterocycles. The Hall–Kier alpha value is -2.27. The van der Waals surface area contributed by atoms with Crippen LogP contribution < -0.4 is 10.5 Å². The molecule has 8 nitrogen and oxygen atoms in total. The highest BCUT2D eigenvalue weighted by atomic mass is 32.2. The lowest BCUT2D eigenvalue weighted by Crippen LogP contribution is -2.13. The Morgan fingerprint density at radius 1 is 1.48 bits per heavy atom. The van der Waals surface area contributed by atoms with Crippen molar-refractivity contribution in [1.29, 1.82) is 0 Å². The van der Waals surface area contributed by atoms with E-state index in [9.17, 15) is 22.9 Å². The molecule has 11 heteroatoms. The molecule has 0 amide bonds. The second kappa shape index (κ2) is 5.26. The third-order valence-electron chi connectivity index (χ3n) is 2.42. The SMILES string of the molecule is Cc1nc(N)sc1S(=O)(=O)Nc1ccc([N+](=O)[O-])cc1F. The van der Waals surface area contributed by atoms with E-state index in [0.29, 0.717) is 6.07 Å². The maximum Gasteiger partial charge on any atom is 0.273 e. The van der Waals surface area contributed by atoms with Gasteiger partial charge in [0.05, 0.1) is 22.4 Å². The summed E-state index contributed by atoms with van der Waals surface area (Å²) < 4.78 is 39.8. The molecule has 21 heavy (non-hydrogen) atoms. The van der Waals surface area contributed by atoms with Crippen molar-refractivity contribution >= 4 is 37.9 Å². The number of nitrogens with two attached hydrogens (primary N) is 1. The number of halogens is 1. The van der Waals surface area contributed by atoms with Crippen molar-refractivity contribution in [3.63, 3.8) is 0 Å². The van der Waals surface area contributed by atoms with Crippen LogP contribution in [0.3, 0.4) is 0 Å². The molecule has 0 saturated heterocycles. The van der Waals surface area contributed by atoms with E-state index in [1.165, 1.54) is 6.92 Å². The van der Waals surface area contributed by atoms with Crippen LogP contribution in [-0.2, 0) is 10.0 Å². The molecule has 0 radical (unpaired) electrons. The number of aromatic nitrogens is 1. The minimum Gasteiger partial charge on any atom is -0.375 e. The van der Waals surface area contributed by atoms with Crippen molar-refractivity contribution in [2.45, 2.75) is 11.1 Å². The Balaban J connectivity index is 2.37. The molecule has 0 aliphatic carbocycles. The summed E-state index contributed by atoms with van der Waals surface area (Å²) in [6, 6.07) is 2.60. The standard InChI is InChI=1S/C10H9FN4O4S2/c1-5-9(20-10(12)13-5)21(18,19)14-8-3-2-6(15(16)17)4-7(8)11/h2-4,14H,1H3,(H2,12,13). The lowest BCUT2D eigenvalue weighted by Gasteiger charge is -2.07. The molecule has 3 N–H and O–H groups in total. The number of hydrogen-bond acceptors (Lipinski definition) is 7. The summed E-state index contributed by atoms with van der Waals surface area (Å²) in [7, 11) is -4.06. The van der Waals surface area contributed by atoms with Crippen molar-refractivity contribution in [3.05, 3.63) is 39.8 Å². The number of rotatable bonds is 4. The average Bonchev–Trinajstić information content (AvgIpc) is 2.71. The van der Waals surface area contributed by atoms with Gasteiger partial charge in [-0.25, -0.2) is 17.8 Å². The Labute approximate surface area is 122 Å². The van der Waals surface area contributed by atoms with Crippen LogP contribution in [0.15, 0.2) is 22.4 Å². The van der Waals surface area contributed by atoms with Gasteiger partial charge in [0.25, 0.3) is 15.7 Å². The van der Waals surface area contributed by atoms with Gasteiger partial charge in [0, 0.05) is 6.07 Å². The van der Waals surface area contributed by atoms with Crippen molar-refractivity contribution in [2.75, 3.05) is 10.5 Å². The van der Waals surface area contributed by atoms with Crippen LogP contribution in [0.2, 0.25) is 0 Å². The van der Waals surface area contributed by atoms with Gasteiger partial charge in [-0.05, 0) is 13.0 Å². The summed E-state index contributed by atoms with van der Waals surface area (Å²) in [6.07, 6.45) is 0. The first-order chi connectivity index (χ1) is 9.70. The molecule has 0 spiro atoms. The van der Waals surface area contributed by atoms with Crippen LogP contribution in [0.25, 0.3) is 0 Å². The molecule has 2 aromatic rings. The molecular weight excluding hydrogens is 323 g/mol. The highest BCUT2D eigenvalue weighted by Gasteiger charge is 2.23. The number of anilines is 2. The summed E-state index contributed by atoms with van der Waals surface area (Å²) >= 11 is 0.740. The van der Waals surface area contributed by atoms with Gasteiger partial charge in [0.15, 0.2) is 15.2 Å². The van der Waals surface area contributed by atoms with Crippen LogP contribution in [0.4, 0.5) is 20.9 Å². The van der Waals surface area contributed by atoms with Crippen molar-refractivity contribution in [2.24, 2.45) is 0 Å². The number of thiazole rings is 1. The lowest BCUT2D eigenvalue weighted by atomic mass is 10.3. The third kappa shape index (κ3) is 3.08. The fourth-order valence-corrected chi connectivity index (χ4v) is 3.91. The van der Waals surface area contributed by atoms with Gasteiger partial charge in [0.1, 0.15) is 0 Å². The van der Waals surface area contributed by atoms with E-state index in [1.807, 2.05) is 4.72 Å². The molecule has 1 heterocycles. The zero-order valence-electron chi connectivity index (χ0n) is 10.5. The smallest absolute Gasteiger partial charge is 0.273 e. The fourth-order valence-electron chi connectivity index (χ4n) is 1.54. The number of nitrogens with one attached hydrogen (secondary N) is 1. The van der Waals surface area contributed by atoms with E-state index in [1.54, 1.807) is 0 Å². The number of nitro benzene ring substituents is 1. The van der Waals surface area contributed by atoms with Crippen molar-refractivity contribution < 1.29 is 17.7 Å². The van der Waals surface area contributed by atoms with E-state index in [-0.39, 0.29) is 15.0 Å². The molecule has 0 unspecified atom stereocenters. The van der Waals surface area contributed by atoms with Crippen LogP contribution in [0, 0.1) is 22.9 Å². The second-order valence-corrected chi connectivity index (χ2v) is 6.86. The first-order valence-electron chi connectivity index (χ1n) is 5.40. The number of non-ortho nitro benzene ring substituents is 1. The first kappa shape index (κ1) is 15.1. The molecule has 0 saturated carbocycles. The largest absolute Gasteiger partial charge is 0.375 e. The Morgan fingerprint density at radius 2 is 2.14 bits per heavy atom. The summed E-state index contributed by atoms with van der Waals surface area (Å²) in [6.45, 7) is 1.45. The molecule has 0 bridgehead atoms. The van der Waals surface area contributed by atoms with Gasteiger partial charge < -0.3 is 5.73 Å². The predicted octanol–water partition coefficient (Wildman–Crippen LogP) is 1.88. The quantitative estimate of drug-likeness (QED) is 0.650. The zero-order valence-corrected chi connectivity index (χ0v) is 12.2. The summed E-state index contributed by atoms with van der Waals surface area (Å²) in [5, 5.41) is 10.6. The van der Waals surface area contributed by atoms with E-state index in [2.05, 4.69) is 4.98 Å². The number of hydrogen-bond donors (Lipinski definition) is 2. The van der Waals surface area contributed by atoms with E-state index < -0.39 is 32.1 Å². The van der Waals surface area contributed by atoms with Crippen LogP contribution in [-0.4, -0.2) is 18.3 Å². The molecule has 1 aromatic heterocycles. The van der Waals surface area contributed by atoms with Gasteiger partial charge in [-0.3, -0.25) is 14.8 Å². The molecule has 2 rings (SSSR count). The first-order valence-corrected chi connectivity index (χ1v) is 7.70. The normalized spacial score (nSPS) is 11.3. The Kier molecular flexibility index (Phi) is 3.78. The average molecular weight is 332 g/mol. The van der Waals surface area contributed by atoms with Gasteiger partial charge in [-0.2, -0.15) is 0 Å². The summed E-state index contributed by atoms with van der Waals surface area (Å²) in [5.41, 5.74) is 4.73. The van der Waals surface area contributed by atoms with E-state index >= 15 is 0 Å². The molecular formula is C10H9FN4O4S2. The zero-order chi connectivity index (χ0) is 15.8. The maximum atomic E-state index is 13.7. The highest BCUT2D eigenvalue weighted by molar-refractivity contribution is 7.94. The second-order valence-electron chi connectivity index (χ2n) is 3.95. The van der Waals surface area contributed by atoms with E-state index in [0.717, 1.165) is 23.5 Å². The molecule has 0 fully saturated rings. The minimum atomic E-state index is -4.06. The van der Waals surface area contributed by atoms with Crippen molar-refractivity contribution in [1.82, 2.24) is 4.98 Å². The number of aryl methyl sites for hydroxylation is 1. The number of benzene rings is 1. The molecule has 0 aliphatic rings. The van der Waals surface area contributed by atoms with Gasteiger partial charge in [-0.15, -0.1) is 0 Å². The highest BCUT2D eigenvalue weighted by Crippen LogP contribution is 2.28. The summed E-state index contributed by atoms with van der Waals surface area (Å²) in [4.78, 5) is 13.5. The fraction of sp³-hybridized carbons (Fsp3) is 0.100. The Bertz CT molecular complexity index is 818. The predicted molar refractivity (Wildman–Crippen MR) is 75.1 cm³/mol. The maximum absolute atomic E-state index is 13.7. The topological polar surface area (TPSA) is 128 Å². The van der Waals surface area contributed by atoms with Crippen LogP contribution in [0.5, 0.6) is 0 Å². The Morgan fingerprint density at radius 3 is 2.62 bits per heavy atom. The number of nitrogens with zero attached hydrogens (tertiary/aromatic N) is 2. The van der Waals surface area contributed by atoms with Crippen LogP contribution in [0.1, 0.15) is 5.69 Å². The number of sulfonamides is 1.